The van der Waals surface area contributed by atoms with Gasteiger partial charge >= 0.3 is 0 Å². The average molecular weight is 437 g/mol. The van der Waals surface area contributed by atoms with Crippen LogP contribution in [0.2, 0.25) is 0 Å². The molecule has 1 aromatic heterocycles. The molecule has 0 radical (unpaired) electrons. The minimum absolute atomic E-state index is 0.0254. The van der Waals surface area contributed by atoms with Crippen molar-refractivity contribution in [1.29, 1.82) is 5.26 Å². The highest BCUT2D eigenvalue weighted by Gasteiger charge is 2.29. The zero-order valence-electron chi connectivity index (χ0n) is 17.4. The van der Waals surface area contributed by atoms with Gasteiger partial charge in [-0.1, -0.05) is 36.2 Å². The van der Waals surface area contributed by atoms with E-state index >= 15 is 0 Å². The molecule has 0 bridgehead atoms. The van der Waals surface area contributed by atoms with E-state index in [9.17, 15) is 10.4 Å². The maximum absolute atomic E-state index is 9.48. The molecule has 2 aromatic carbocycles. The van der Waals surface area contributed by atoms with Crippen LogP contribution in [0.5, 0.6) is 5.75 Å². The van der Waals surface area contributed by atoms with Gasteiger partial charge in [-0.15, -0.1) is 0 Å². The summed E-state index contributed by atoms with van der Waals surface area (Å²) >= 11 is 4.54. The summed E-state index contributed by atoms with van der Waals surface area (Å²) in [7, 11) is 0. The summed E-state index contributed by atoms with van der Waals surface area (Å²) in [5, 5.41) is 22.9. The van der Waals surface area contributed by atoms with Gasteiger partial charge in [-0.3, -0.25) is 0 Å². The van der Waals surface area contributed by atoms with Crippen LogP contribution in [0.3, 0.4) is 0 Å². The zero-order valence-corrected chi connectivity index (χ0v) is 18.3. The number of ether oxygens (including phenoxy) is 1. The molecule has 4 rings (SSSR count). The first-order valence-corrected chi connectivity index (χ1v) is 10.6. The van der Waals surface area contributed by atoms with Crippen molar-refractivity contribution in [2.45, 2.75) is 38.8 Å². The van der Waals surface area contributed by atoms with Gasteiger partial charge < -0.3 is 14.4 Å². The third kappa shape index (κ3) is 4.30. The first-order valence-electron chi connectivity index (χ1n) is 10.2. The van der Waals surface area contributed by atoms with Gasteiger partial charge in [0.2, 0.25) is 5.82 Å². The number of rotatable bonds is 7. The lowest BCUT2D eigenvalue weighted by Crippen LogP contribution is -2.21. The number of benzene rings is 2. The normalized spacial score (nSPS) is 15.3. The molecule has 7 nitrogen and oxygen atoms in total. The van der Waals surface area contributed by atoms with E-state index in [0.717, 1.165) is 18.4 Å². The van der Waals surface area contributed by atoms with Crippen LogP contribution in [0.4, 0.5) is 0 Å². The quantitative estimate of drug-likeness (QED) is 0.536. The lowest BCUT2D eigenvalue weighted by atomic mass is 10.0. The van der Waals surface area contributed by atoms with Crippen LogP contribution < -0.4 is 4.74 Å². The van der Waals surface area contributed by atoms with Crippen molar-refractivity contribution in [3.05, 3.63) is 53.1 Å². The van der Waals surface area contributed by atoms with E-state index < -0.39 is 0 Å². The zero-order chi connectivity index (χ0) is 22.0. The number of aliphatic hydroxyl groups is 1. The molecule has 0 fully saturated rings. The molecule has 1 N–H and O–H groups in total. The molecule has 0 saturated heterocycles. The highest BCUT2D eigenvalue weighted by atomic mass is 32.1. The first kappa shape index (κ1) is 21.4. The number of aromatic nitrogens is 2. The van der Waals surface area contributed by atoms with E-state index in [-0.39, 0.29) is 18.8 Å². The summed E-state index contributed by atoms with van der Waals surface area (Å²) in [6.45, 7) is 4.40. The summed E-state index contributed by atoms with van der Waals surface area (Å²) < 4.78 is 13.1. The van der Waals surface area contributed by atoms with Gasteiger partial charge in [-0.2, -0.15) is 10.2 Å². The number of hydrogen-bond donors (Lipinski definition) is 2. The average Bonchev–Trinajstić information content (AvgIpc) is 3.41. The third-order valence-corrected chi connectivity index (χ3v) is 5.78. The maximum Gasteiger partial charge on any atom is 0.258 e. The summed E-state index contributed by atoms with van der Waals surface area (Å²) in [6.07, 6.45) is 1.77. The van der Waals surface area contributed by atoms with E-state index in [1.54, 1.807) is 12.1 Å². The van der Waals surface area contributed by atoms with Gasteiger partial charge in [0.25, 0.3) is 5.89 Å². The molecule has 1 heterocycles. The smallest absolute Gasteiger partial charge is 0.258 e. The second-order valence-electron chi connectivity index (χ2n) is 7.73. The van der Waals surface area contributed by atoms with Gasteiger partial charge in [0, 0.05) is 23.7 Å². The fourth-order valence-corrected chi connectivity index (χ4v) is 4.30. The fraction of sp³-hybridized carbons (Fsp3) is 0.348. The van der Waals surface area contributed by atoms with Crippen LogP contribution in [0.1, 0.15) is 43.0 Å². The van der Waals surface area contributed by atoms with Crippen molar-refractivity contribution in [1.82, 2.24) is 14.4 Å². The molecule has 8 heteroatoms. The number of aliphatic hydroxyl groups excluding tert-OH is 1. The topological polar surface area (TPSA) is 95.4 Å². The van der Waals surface area contributed by atoms with Crippen LogP contribution in [-0.2, 0) is 6.42 Å². The van der Waals surface area contributed by atoms with Crippen molar-refractivity contribution in [2.75, 3.05) is 13.2 Å². The molecule has 3 aromatic rings. The predicted octanol–water partition coefficient (Wildman–Crippen LogP) is 4.19. The van der Waals surface area contributed by atoms with E-state index in [1.807, 2.05) is 36.4 Å². The fourth-order valence-electron chi connectivity index (χ4n) is 3.97. The van der Waals surface area contributed by atoms with Gasteiger partial charge in [-0.25, -0.2) is 4.31 Å². The molecule has 1 aliphatic rings. The van der Waals surface area contributed by atoms with Crippen LogP contribution in [0, 0.1) is 11.3 Å². The minimum atomic E-state index is -0.0254. The standard InChI is InChI=1S/C23H24N4O3S/c1-14(2)29-21-9-6-15(12-16(21)13-24)23-25-22(26-30-23)19-5-3-4-18-17(19)7-8-20(18)27(31)10-11-28/h3-6,9,12,14,20,28,31H,7-8,10-11H2,1-2H3/t20-/m0/s1. The van der Waals surface area contributed by atoms with Crippen molar-refractivity contribution < 1.29 is 14.4 Å². The van der Waals surface area contributed by atoms with Gasteiger partial charge in [0.05, 0.1) is 18.3 Å². The molecule has 1 aliphatic carbocycles. The molecule has 0 unspecified atom stereocenters. The van der Waals surface area contributed by atoms with Crippen LogP contribution in [0.15, 0.2) is 40.9 Å². The van der Waals surface area contributed by atoms with Crippen molar-refractivity contribution in [3.63, 3.8) is 0 Å². The highest BCUT2D eigenvalue weighted by Crippen LogP contribution is 2.41. The van der Waals surface area contributed by atoms with Crippen molar-refractivity contribution >= 4 is 12.8 Å². The molecular weight excluding hydrogens is 412 g/mol. The van der Waals surface area contributed by atoms with Crippen molar-refractivity contribution in [3.8, 4) is 34.7 Å². The molecular formula is C23H24N4O3S. The Morgan fingerprint density at radius 2 is 2.19 bits per heavy atom. The SMILES string of the molecule is CC(C)Oc1ccc(-c2nc(-c3cccc4c3CC[C@@H]4N(S)CCO)no2)cc1C#N. The van der Waals surface area contributed by atoms with Crippen molar-refractivity contribution in [2.24, 2.45) is 0 Å². The summed E-state index contributed by atoms with van der Waals surface area (Å²) in [5.41, 5.74) is 4.37. The molecule has 160 valence electrons. The Kier molecular flexibility index (Phi) is 6.28. The van der Waals surface area contributed by atoms with Gasteiger partial charge in [-0.05, 0) is 56.0 Å². The Bertz CT molecular complexity index is 1120. The number of fused-ring (bicyclic) bond motifs is 1. The number of nitriles is 1. The Morgan fingerprint density at radius 1 is 1.35 bits per heavy atom. The maximum atomic E-state index is 9.48. The minimum Gasteiger partial charge on any atom is -0.490 e. The largest absolute Gasteiger partial charge is 0.490 e. The summed E-state index contributed by atoms with van der Waals surface area (Å²) in [5.74, 6) is 1.40. The number of thiol groups is 1. The molecule has 0 aliphatic heterocycles. The molecule has 31 heavy (non-hydrogen) atoms. The lowest BCUT2D eigenvalue weighted by molar-refractivity contribution is 0.239. The van der Waals surface area contributed by atoms with Gasteiger partial charge in [0.1, 0.15) is 11.8 Å². The lowest BCUT2D eigenvalue weighted by Gasteiger charge is -2.22. The second-order valence-corrected chi connectivity index (χ2v) is 8.24. The van der Waals surface area contributed by atoms with E-state index in [0.29, 0.717) is 35.1 Å². The summed E-state index contributed by atoms with van der Waals surface area (Å²) in [6, 6.07) is 13.6. The van der Waals surface area contributed by atoms with Crippen LogP contribution >= 0.6 is 12.8 Å². The van der Waals surface area contributed by atoms with E-state index in [2.05, 4.69) is 35.1 Å². The van der Waals surface area contributed by atoms with Crippen LogP contribution in [0.25, 0.3) is 22.8 Å². The number of nitrogens with zero attached hydrogens (tertiary/aromatic N) is 4. The van der Waals surface area contributed by atoms with Gasteiger partial charge in [0.15, 0.2) is 0 Å². The Hall–Kier alpha value is -2.86. The monoisotopic (exact) mass is 436 g/mol. The second kappa shape index (κ2) is 9.10. The molecule has 1 atom stereocenters. The number of hydrogen-bond acceptors (Lipinski definition) is 8. The molecule has 0 saturated carbocycles. The Balaban J connectivity index is 1.65. The Morgan fingerprint density at radius 3 is 2.94 bits per heavy atom. The first-order chi connectivity index (χ1) is 15.0. The molecule has 0 spiro atoms. The highest BCUT2D eigenvalue weighted by molar-refractivity contribution is 7.77. The Labute approximate surface area is 186 Å². The van der Waals surface area contributed by atoms with Crippen LogP contribution in [-0.4, -0.2) is 38.8 Å². The predicted molar refractivity (Wildman–Crippen MR) is 119 cm³/mol. The summed E-state index contributed by atoms with van der Waals surface area (Å²) in [4.78, 5) is 4.60. The third-order valence-electron chi connectivity index (χ3n) is 5.30. The van der Waals surface area contributed by atoms with E-state index in [4.69, 9.17) is 9.26 Å². The van der Waals surface area contributed by atoms with E-state index in [1.165, 1.54) is 11.1 Å². The molecule has 0 amide bonds.